The minimum atomic E-state index is -3.24. The van der Waals surface area contributed by atoms with Crippen LogP contribution in [-0.4, -0.2) is 11.0 Å². The Kier molecular flexibility index (Phi) is 10.6. The van der Waals surface area contributed by atoms with E-state index in [0.717, 1.165) is 0 Å². The fourth-order valence-corrected chi connectivity index (χ4v) is 0. The first-order chi connectivity index (χ1) is 2.00. The largest absolute Gasteiger partial charge is 1.00 e. The first kappa shape index (κ1) is 12.1. The van der Waals surface area contributed by atoms with Gasteiger partial charge in [-0.1, -0.05) is 0 Å². The van der Waals surface area contributed by atoms with E-state index in [4.69, 9.17) is 38.6 Å². The van der Waals surface area contributed by atoms with Crippen molar-refractivity contribution in [2.75, 3.05) is 0 Å². The standard InChI is InChI=1S/4ClH.Ga.K/h4*1H;;/q;;;;+3;+1/p-4. The minimum Gasteiger partial charge on any atom is 1.00 e. The normalized spacial score (nSPS) is 10.0. The third-order valence-electron chi connectivity index (χ3n) is 0. The average Bonchev–Trinajstić information content (AvgIpc) is 0.722. The van der Waals surface area contributed by atoms with Crippen LogP contribution in [0, 0.1) is 0 Å². The van der Waals surface area contributed by atoms with E-state index in [-0.39, 0.29) is 51.4 Å². The second kappa shape index (κ2) is 5.24. The molecule has 0 heterocycles. The second-order valence-electron chi connectivity index (χ2n) is 0.495. The van der Waals surface area contributed by atoms with Gasteiger partial charge in [-0.2, -0.15) is 0 Å². The maximum absolute atomic E-state index is 5.03. The molecule has 0 nitrogen and oxygen atoms in total. The SMILES string of the molecule is [Cl][Ga-]([Cl])([Cl])[Cl].[K+]. The second-order valence-corrected chi connectivity index (χ2v) is 23.1. The van der Waals surface area contributed by atoms with E-state index in [0.29, 0.717) is 0 Å². The molecule has 0 aromatic carbocycles. The van der Waals surface area contributed by atoms with Crippen LogP contribution < -0.4 is 51.4 Å². The van der Waals surface area contributed by atoms with Gasteiger partial charge in [0.15, 0.2) is 0 Å². The molecule has 0 aliphatic heterocycles. The van der Waals surface area contributed by atoms with Gasteiger partial charge in [-0.15, -0.1) is 0 Å². The van der Waals surface area contributed by atoms with Crippen LogP contribution in [0.5, 0.6) is 0 Å². The average molecular weight is 251 g/mol. The van der Waals surface area contributed by atoms with Crippen molar-refractivity contribution >= 4 is 49.6 Å². The molecule has 6 heteroatoms. The zero-order chi connectivity index (χ0) is 4.50. The fourth-order valence-electron chi connectivity index (χ4n) is 0. The van der Waals surface area contributed by atoms with Gasteiger partial charge in [-0.25, -0.2) is 0 Å². The molecule has 0 radical (unpaired) electrons. The summed E-state index contributed by atoms with van der Waals surface area (Å²) in [5.74, 6) is 0. The van der Waals surface area contributed by atoms with Crippen molar-refractivity contribution in [1.82, 2.24) is 0 Å². The molecular weight excluding hydrogens is 251 g/mol. The smallest absolute Gasteiger partial charge is 1.00 e. The Balaban J connectivity index is 0. The van der Waals surface area contributed by atoms with Gasteiger partial charge < -0.3 is 0 Å². The van der Waals surface area contributed by atoms with Crippen molar-refractivity contribution < 1.29 is 51.4 Å². The molecule has 6 heavy (non-hydrogen) atoms. The van der Waals surface area contributed by atoms with Crippen LogP contribution in [-0.2, 0) is 0 Å². The molecule has 0 saturated heterocycles. The zero-order valence-electron chi connectivity index (χ0n) is 3.09. The number of rotatable bonds is 0. The number of halogens is 4. The molecule has 0 amide bonds. The van der Waals surface area contributed by atoms with Gasteiger partial charge in [0.05, 0.1) is 0 Å². The van der Waals surface area contributed by atoms with E-state index in [1.165, 1.54) is 0 Å². The van der Waals surface area contributed by atoms with Gasteiger partial charge in [0, 0.05) is 0 Å². The van der Waals surface area contributed by atoms with Gasteiger partial charge in [-0.3, -0.25) is 0 Å². The molecule has 0 unspecified atom stereocenters. The Morgan fingerprint density at radius 2 is 0.833 bits per heavy atom. The Labute approximate surface area is 98.2 Å². The van der Waals surface area contributed by atoms with E-state index in [2.05, 4.69) is 0 Å². The van der Waals surface area contributed by atoms with Gasteiger partial charge in [0.1, 0.15) is 0 Å². The van der Waals surface area contributed by atoms with E-state index >= 15 is 0 Å². The number of hydrogen-bond acceptors (Lipinski definition) is 0. The van der Waals surface area contributed by atoms with E-state index in [9.17, 15) is 0 Å². The van der Waals surface area contributed by atoms with Crippen molar-refractivity contribution in [3.63, 3.8) is 0 Å². The molecule has 0 fully saturated rings. The van der Waals surface area contributed by atoms with Gasteiger partial charge in [0.25, 0.3) is 0 Å². The number of hydrogen-bond donors (Lipinski definition) is 0. The monoisotopic (exact) mass is 248 g/mol. The third-order valence-corrected chi connectivity index (χ3v) is 0. The van der Waals surface area contributed by atoms with Crippen molar-refractivity contribution in [1.29, 1.82) is 0 Å². The van der Waals surface area contributed by atoms with Gasteiger partial charge in [-0.05, 0) is 0 Å². The molecule has 0 N–H and O–H groups in total. The molecule has 0 aromatic heterocycles. The third kappa shape index (κ3) is 26.1. The van der Waals surface area contributed by atoms with Gasteiger partial charge in [0.2, 0.25) is 0 Å². The molecule has 0 aliphatic carbocycles. The maximum Gasteiger partial charge on any atom is 1.00 e. The van der Waals surface area contributed by atoms with E-state index in [1.807, 2.05) is 0 Å². The predicted molar refractivity (Wildman–Crippen MR) is 29.2 cm³/mol. The molecule has 0 aromatic rings. The van der Waals surface area contributed by atoms with Crippen LogP contribution in [0.4, 0.5) is 0 Å². The zero-order valence-corrected chi connectivity index (χ0v) is 11.7. The van der Waals surface area contributed by atoms with Crippen molar-refractivity contribution in [2.45, 2.75) is 0 Å². The maximum atomic E-state index is 5.03. The minimum absolute atomic E-state index is 0. The Bertz CT molecular complexity index is 23.0. The van der Waals surface area contributed by atoms with E-state index in [1.54, 1.807) is 0 Å². The molecule has 0 spiro atoms. The Morgan fingerprint density at radius 1 is 0.833 bits per heavy atom. The Morgan fingerprint density at radius 3 is 0.833 bits per heavy atom. The summed E-state index contributed by atoms with van der Waals surface area (Å²) in [5, 5.41) is 0. The van der Waals surface area contributed by atoms with Crippen molar-refractivity contribution in [3.05, 3.63) is 0 Å². The van der Waals surface area contributed by atoms with Crippen LogP contribution in [0.25, 0.3) is 0 Å². The molecule has 32 valence electrons. The summed E-state index contributed by atoms with van der Waals surface area (Å²) in [7, 11) is 20.1. The Hall–Kier alpha value is 3.43. The quantitative estimate of drug-likeness (QED) is 0.503. The summed E-state index contributed by atoms with van der Waals surface area (Å²) < 4.78 is 0. The first-order valence-electron chi connectivity index (χ1n) is 0.873. The molecule has 0 rings (SSSR count). The molecule has 0 atom stereocenters. The van der Waals surface area contributed by atoms with Crippen LogP contribution in [0.1, 0.15) is 0 Å². The van der Waals surface area contributed by atoms with Crippen molar-refractivity contribution in [3.8, 4) is 0 Å². The van der Waals surface area contributed by atoms with Crippen LogP contribution >= 0.6 is 38.6 Å². The summed E-state index contributed by atoms with van der Waals surface area (Å²) in [6, 6.07) is 0. The summed E-state index contributed by atoms with van der Waals surface area (Å²) in [6.07, 6.45) is 0. The fraction of sp³-hybridized carbons (Fsp3) is 0. The van der Waals surface area contributed by atoms with E-state index < -0.39 is 11.0 Å². The molecule has 0 aliphatic rings. The van der Waals surface area contributed by atoms with Crippen LogP contribution in [0.15, 0.2) is 0 Å². The summed E-state index contributed by atoms with van der Waals surface area (Å²) >= 11 is -3.24. The topological polar surface area (TPSA) is 0 Å². The predicted octanol–water partition coefficient (Wildman–Crippen LogP) is -0.619. The molecular formula is Cl4GaK. The molecule has 0 bridgehead atoms. The molecule has 0 saturated carbocycles. The first-order valence-corrected chi connectivity index (χ1v) is 13.6. The van der Waals surface area contributed by atoms with Crippen LogP contribution in [0.2, 0.25) is 0 Å². The summed E-state index contributed by atoms with van der Waals surface area (Å²) in [4.78, 5) is 0. The van der Waals surface area contributed by atoms with Crippen LogP contribution in [0.3, 0.4) is 0 Å². The summed E-state index contributed by atoms with van der Waals surface area (Å²) in [6.45, 7) is 0. The summed E-state index contributed by atoms with van der Waals surface area (Å²) in [5.41, 5.74) is 0. The van der Waals surface area contributed by atoms with Crippen molar-refractivity contribution in [2.24, 2.45) is 0 Å². The van der Waals surface area contributed by atoms with Gasteiger partial charge >= 0.3 is 101 Å².